The third kappa shape index (κ3) is 7.95. The van der Waals surface area contributed by atoms with Gasteiger partial charge in [0, 0.05) is 30.4 Å². The van der Waals surface area contributed by atoms with Gasteiger partial charge in [-0.3, -0.25) is 14.6 Å². The summed E-state index contributed by atoms with van der Waals surface area (Å²) in [5.74, 6) is 6.53. The first kappa shape index (κ1) is 25.4. The van der Waals surface area contributed by atoms with E-state index in [0.717, 1.165) is 22.4 Å². The molecule has 0 saturated heterocycles. The molecule has 0 unspecified atom stereocenters. The number of fused-ring (bicyclic) bond motifs is 2. The summed E-state index contributed by atoms with van der Waals surface area (Å²) < 4.78 is 10.8. The summed E-state index contributed by atoms with van der Waals surface area (Å²) in [5.41, 5.74) is 3.61. The lowest BCUT2D eigenvalue weighted by atomic mass is 10.0. The molecular weight excluding hydrogens is 428 g/mol. The Kier molecular flexibility index (Phi) is 10.5. The van der Waals surface area contributed by atoms with Gasteiger partial charge in [-0.1, -0.05) is 42.2 Å². The van der Waals surface area contributed by atoms with Gasteiger partial charge in [0.05, 0.1) is 45.2 Å². The van der Waals surface area contributed by atoms with Gasteiger partial charge < -0.3 is 14.4 Å². The van der Waals surface area contributed by atoms with Gasteiger partial charge in [0.25, 0.3) is 0 Å². The average molecular weight is 461 g/mol. The zero-order chi connectivity index (χ0) is 24.0. The van der Waals surface area contributed by atoms with Gasteiger partial charge in [-0.05, 0) is 43.3 Å². The fraction of sp³-hybridized carbons (Fsp3) is 0.393. The van der Waals surface area contributed by atoms with E-state index in [1.165, 1.54) is 0 Å². The summed E-state index contributed by atoms with van der Waals surface area (Å²) in [6.45, 7) is 4.89. The van der Waals surface area contributed by atoms with E-state index in [4.69, 9.17) is 9.47 Å². The molecule has 0 saturated carbocycles. The first-order valence-electron chi connectivity index (χ1n) is 11.8. The van der Waals surface area contributed by atoms with Crippen LogP contribution in [0.1, 0.15) is 49.3 Å². The van der Waals surface area contributed by atoms with Crippen molar-refractivity contribution in [1.82, 2.24) is 0 Å². The lowest BCUT2D eigenvalue weighted by Gasteiger charge is -2.26. The second-order valence-electron chi connectivity index (χ2n) is 7.94. The van der Waals surface area contributed by atoms with Crippen molar-refractivity contribution in [3.05, 3.63) is 65.2 Å². The minimum Gasteiger partial charge on any atom is -0.379 e. The van der Waals surface area contributed by atoms with Gasteiger partial charge in [-0.2, -0.15) is 0 Å². The summed E-state index contributed by atoms with van der Waals surface area (Å²) in [4.78, 5) is 31.2. The largest absolute Gasteiger partial charge is 0.379 e. The number of Topliss-reactive ketones (excluding diaryl/α,β-unsaturated/α-hetero) is 1. The summed E-state index contributed by atoms with van der Waals surface area (Å²) in [6.07, 6.45) is 3.30. The van der Waals surface area contributed by atoms with E-state index in [0.29, 0.717) is 65.2 Å². The zero-order valence-corrected chi connectivity index (χ0v) is 19.8. The van der Waals surface area contributed by atoms with Crippen molar-refractivity contribution in [3.63, 3.8) is 0 Å². The van der Waals surface area contributed by atoms with Crippen molar-refractivity contribution in [2.75, 3.05) is 37.9 Å². The maximum atomic E-state index is 13.2. The van der Waals surface area contributed by atoms with Crippen molar-refractivity contribution < 1.29 is 19.1 Å². The molecule has 0 N–H and O–H groups in total. The molecule has 2 aromatic rings. The van der Waals surface area contributed by atoms with Gasteiger partial charge in [0.1, 0.15) is 5.78 Å². The van der Waals surface area contributed by atoms with E-state index >= 15 is 0 Å². The molecule has 0 spiro atoms. The molecule has 0 atom stereocenters. The Labute approximate surface area is 202 Å². The van der Waals surface area contributed by atoms with Crippen molar-refractivity contribution in [2.24, 2.45) is 4.99 Å². The molecule has 0 fully saturated rings. The maximum absolute atomic E-state index is 13.2. The molecule has 0 bridgehead atoms. The molecule has 0 aromatic heterocycles. The molecule has 1 aliphatic rings. The van der Waals surface area contributed by atoms with Gasteiger partial charge in [0.2, 0.25) is 5.91 Å². The summed E-state index contributed by atoms with van der Waals surface area (Å²) in [5, 5.41) is 0. The number of para-hydroxylation sites is 1. The highest BCUT2D eigenvalue weighted by atomic mass is 16.5. The second kappa shape index (κ2) is 14.1. The van der Waals surface area contributed by atoms with Crippen LogP contribution < -0.4 is 4.90 Å². The summed E-state index contributed by atoms with van der Waals surface area (Å²) in [6, 6.07) is 15.6. The highest BCUT2D eigenvalue weighted by Gasteiger charge is 2.21. The number of carbonyl (C=O) groups excluding carboxylic acids is 2. The van der Waals surface area contributed by atoms with E-state index in [9.17, 15) is 9.59 Å². The predicted molar refractivity (Wildman–Crippen MR) is 134 cm³/mol. The van der Waals surface area contributed by atoms with E-state index in [2.05, 4.69) is 16.8 Å². The monoisotopic (exact) mass is 460 g/mol. The lowest BCUT2D eigenvalue weighted by molar-refractivity contribution is -0.121. The molecule has 178 valence electrons. The van der Waals surface area contributed by atoms with Crippen molar-refractivity contribution in [1.29, 1.82) is 0 Å². The number of nitrogens with zero attached hydrogens (tertiary/aromatic N) is 2. The van der Waals surface area contributed by atoms with Crippen molar-refractivity contribution in [3.8, 4) is 11.8 Å². The van der Waals surface area contributed by atoms with E-state index in [-0.39, 0.29) is 11.7 Å². The Morgan fingerprint density at radius 1 is 0.912 bits per heavy atom. The summed E-state index contributed by atoms with van der Waals surface area (Å²) in [7, 11) is 0. The average Bonchev–Trinajstić information content (AvgIpc) is 2.84. The first-order chi connectivity index (χ1) is 16.7. The number of ether oxygens (including phenoxy) is 2. The fourth-order valence-electron chi connectivity index (χ4n) is 3.66. The smallest absolute Gasteiger partial charge is 0.227 e. The normalized spacial score (nSPS) is 12.3. The Hall–Kier alpha value is -3.27. The van der Waals surface area contributed by atoms with Gasteiger partial charge in [-0.25, -0.2) is 0 Å². The molecular formula is C28H32N2O4. The molecule has 6 heteroatoms. The van der Waals surface area contributed by atoms with Crippen molar-refractivity contribution in [2.45, 2.75) is 39.2 Å². The number of ketones is 1. The van der Waals surface area contributed by atoms with Crippen LogP contribution in [0.5, 0.6) is 0 Å². The Morgan fingerprint density at radius 2 is 1.62 bits per heavy atom. The van der Waals surface area contributed by atoms with Gasteiger partial charge in [-0.15, -0.1) is 0 Å². The fourth-order valence-corrected chi connectivity index (χ4v) is 3.66. The molecule has 6 nitrogen and oxygen atoms in total. The molecule has 1 aliphatic heterocycles. The van der Waals surface area contributed by atoms with Crippen LogP contribution in [0.3, 0.4) is 0 Å². The van der Waals surface area contributed by atoms with E-state index in [1.54, 1.807) is 11.1 Å². The number of hydrogen-bond acceptors (Lipinski definition) is 5. The van der Waals surface area contributed by atoms with Crippen molar-refractivity contribution >= 4 is 23.6 Å². The zero-order valence-electron chi connectivity index (χ0n) is 19.8. The number of aliphatic imine (C=N–C) groups is 1. The quantitative estimate of drug-likeness (QED) is 0.255. The number of rotatable bonds is 13. The Bertz CT molecular complexity index is 1050. The minimum absolute atomic E-state index is 0.000408. The van der Waals surface area contributed by atoms with Gasteiger partial charge >= 0.3 is 0 Å². The molecule has 0 aliphatic carbocycles. The van der Waals surface area contributed by atoms with Crippen LogP contribution in [0.25, 0.3) is 0 Å². The second-order valence-corrected chi connectivity index (χ2v) is 7.94. The van der Waals surface area contributed by atoms with Crippen LogP contribution in [-0.4, -0.2) is 50.9 Å². The third-order valence-electron chi connectivity index (χ3n) is 5.46. The number of hydrogen-bond donors (Lipinski definition) is 0. The molecule has 1 amide bonds. The number of anilines is 1. The number of benzene rings is 2. The van der Waals surface area contributed by atoms with Crippen LogP contribution in [0.15, 0.2) is 53.5 Å². The van der Waals surface area contributed by atoms with Crippen LogP contribution >= 0.6 is 0 Å². The topological polar surface area (TPSA) is 68.2 Å². The molecule has 3 rings (SSSR count). The van der Waals surface area contributed by atoms with E-state index in [1.807, 2.05) is 55.5 Å². The molecule has 34 heavy (non-hydrogen) atoms. The van der Waals surface area contributed by atoms with Crippen LogP contribution in [-0.2, 0) is 25.6 Å². The number of amides is 1. The van der Waals surface area contributed by atoms with Crippen LogP contribution in [0.2, 0.25) is 0 Å². The SMILES string of the molecule is CC=NCCOCCOCCC(=O)CCCC(=O)N1Cc2ccccc2C#Cc2ccccc21. The third-order valence-corrected chi connectivity index (χ3v) is 5.46. The maximum Gasteiger partial charge on any atom is 0.227 e. The highest BCUT2D eigenvalue weighted by molar-refractivity contribution is 5.95. The summed E-state index contributed by atoms with van der Waals surface area (Å²) >= 11 is 0. The van der Waals surface area contributed by atoms with Crippen LogP contribution in [0, 0.1) is 11.8 Å². The van der Waals surface area contributed by atoms with Crippen LogP contribution in [0.4, 0.5) is 5.69 Å². The Morgan fingerprint density at radius 3 is 2.44 bits per heavy atom. The van der Waals surface area contributed by atoms with Gasteiger partial charge in [0.15, 0.2) is 0 Å². The molecule has 0 radical (unpaired) electrons. The standard InChI is InChI=1S/C28H32N2O4/c1-2-29-17-19-34-21-20-33-18-16-26(31)11-7-13-28(32)30-22-25-10-4-3-8-23(25)14-15-24-9-5-6-12-27(24)30/h2-6,8-10,12H,7,11,13,16-22H2,1H3. The first-order valence-corrected chi connectivity index (χ1v) is 11.8. The highest BCUT2D eigenvalue weighted by Crippen LogP contribution is 2.26. The number of carbonyl (C=O) groups is 2. The molecule has 2 aromatic carbocycles. The predicted octanol–water partition coefficient (Wildman–Crippen LogP) is 4.19. The lowest BCUT2D eigenvalue weighted by Crippen LogP contribution is -2.31. The molecule has 1 heterocycles. The van der Waals surface area contributed by atoms with E-state index < -0.39 is 0 Å². The Balaban J connectivity index is 1.43. The minimum atomic E-state index is -0.000408.